The van der Waals surface area contributed by atoms with Crippen molar-refractivity contribution in [2.75, 3.05) is 0 Å². The minimum atomic E-state index is -0.202. The molecular weight excluding hydrogens is 196 g/mol. The maximum absolute atomic E-state index is 5.76. The molecule has 0 amide bonds. The molecule has 6 heteroatoms. The van der Waals surface area contributed by atoms with Crippen LogP contribution in [0.25, 0.3) is 11.7 Å². The molecule has 2 rings (SSSR count). The number of rotatable bonds is 3. The van der Waals surface area contributed by atoms with E-state index in [2.05, 4.69) is 15.3 Å². The van der Waals surface area contributed by atoms with Crippen LogP contribution in [-0.4, -0.2) is 15.3 Å². The topological polar surface area (TPSA) is 91.0 Å². The van der Waals surface area contributed by atoms with Crippen molar-refractivity contribution in [2.45, 2.75) is 26.3 Å². The maximum atomic E-state index is 5.76. The second-order valence-corrected chi connectivity index (χ2v) is 3.31. The zero-order chi connectivity index (χ0) is 10.8. The van der Waals surface area contributed by atoms with Gasteiger partial charge in [-0.05, 0) is 13.3 Å². The van der Waals surface area contributed by atoms with Gasteiger partial charge in [-0.2, -0.15) is 4.98 Å². The van der Waals surface area contributed by atoms with Crippen LogP contribution < -0.4 is 5.73 Å². The summed E-state index contributed by atoms with van der Waals surface area (Å²) in [4.78, 5) is 4.13. The van der Waals surface area contributed by atoms with Crippen molar-refractivity contribution >= 4 is 0 Å². The predicted octanol–water partition coefficient (Wildman–Crippen LogP) is 1.44. The van der Waals surface area contributed by atoms with Crippen molar-refractivity contribution in [3.8, 4) is 11.7 Å². The fourth-order valence-electron chi connectivity index (χ4n) is 1.13. The van der Waals surface area contributed by atoms with Crippen LogP contribution in [0, 0.1) is 6.92 Å². The molecule has 0 spiro atoms. The standard InChI is InChI=1S/C9H12N4O2/c1-3-6(10)8-11-9(15-13-8)7-4-5(2)12-14-7/h4,6H,3,10H2,1-2H3. The van der Waals surface area contributed by atoms with Crippen LogP contribution in [-0.2, 0) is 0 Å². The summed E-state index contributed by atoms with van der Waals surface area (Å²) in [6.07, 6.45) is 0.758. The van der Waals surface area contributed by atoms with E-state index in [0.717, 1.165) is 12.1 Å². The van der Waals surface area contributed by atoms with E-state index in [1.54, 1.807) is 6.07 Å². The highest BCUT2D eigenvalue weighted by atomic mass is 16.5. The van der Waals surface area contributed by atoms with E-state index in [9.17, 15) is 0 Å². The van der Waals surface area contributed by atoms with Gasteiger partial charge in [0.15, 0.2) is 5.82 Å². The molecule has 2 N–H and O–H groups in total. The summed E-state index contributed by atoms with van der Waals surface area (Å²) in [6.45, 7) is 3.78. The molecule has 2 aromatic heterocycles. The first-order chi connectivity index (χ1) is 7.20. The average Bonchev–Trinajstić information content (AvgIpc) is 2.84. The van der Waals surface area contributed by atoms with Gasteiger partial charge in [0.05, 0.1) is 11.7 Å². The van der Waals surface area contributed by atoms with Crippen LogP contribution in [0.1, 0.15) is 30.9 Å². The fourth-order valence-corrected chi connectivity index (χ4v) is 1.13. The zero-order valence-corrected chi connectivity index (χ0v) is 8.60. The lowest BCUT2D eigenvalue weighted by Crippen LogP contribution is -2.10. The number of aromatic nitrogens is 3. The lowest BCUT2D eigenvalue weighted by atomic mass is 10.2. The highest BCUT2D eigenvalue weighted by molar-refractivity contribution is 5.43. The van der Waals surface area contributed by atoms with Crippen molar-refractivity contribution in [2.24, 2.45) is 5.73 Å². The molecule has 0 bridgehead atoms. The Morgan fingerprint density at radius 3 is 2.80 bits per heavy atom. The molecule has 0 radical (unpaired) electrons. The highest BCUT2D eigenvalue weighted by Crippen LogP contribution is 2.19. The Balaban J connectivity index is 2.27. The smallest absolute Gasteiger partial charge is 0.296 e. The van der Waals surface area contributed by atoms with Crippen molar-refractivity contribution < 1.29 is 9.05 Å². The number of aryl methyl sites for hydroxylation is 1. The molecular formula is C9H12N4O2. The molecule has 2 aromatic rings. The van der Waals surface area contributed by atoms with Gasteiger partial charge in [0.2, 0.25) is 5.76 Å². The maximum Gasteiger partial charge on any atom is 0.296 e. The minimum absolute atomic E-state index is 0.202. The minimum Gasteiger partial charge on any atom is -0.351 e. The molecule has 0 saturated carbocycles. The van der Waals surface area contributed by atoms with E-state index in [-0.39, 0.29) is 6.04 Å². The van der Waals surface area contributed by atoms with Gasteiger partial charge in [-0.1, -0.05) is 17.2 Å². The largest absolute Gasteiger partial charge is 0.351 e. The number of hydrogen-bond donors (Lipinski definition) is 1. The van der Waals surface area contributed by atoms with Crippen LogP contribution in [0.5, 0.6) is 0 Å². The Bertz CT molecular complexity index is 448. The van der Waals surface area contributed by atoms with Crippen LogP contribution >= 0.6 is 0 Å². The first-order valence-electron chi connectivity index (χ1n) is 4.73. The van der Waals surface area contributed by atoms with E-state index in [1.165, 1.54) is 0 Å². The van der Waals surface area contributed by atoms with E-state index in [0.29, 0.717) is 17.5 Å². The van der Waals surface area contributed by atoms with Crippen LogP contribution in [0.3, 0.4) is 0 Å². The average molecular weight is 208 g/mol. The molecule has 0 aliphatic rings. The van der Waals surface area contributed by atoms with Gasteiger partial charge in [-0.25, -0.2) is 0 Å². The predicted molar refractivity (Wildman–Crippen MR) is 51.8 cm³/mol. The molecule has 0 saturated heterocycles. The van der Waals surface area contributed by atoms with E-state index < -0.39 is 0 Å². The Labute approximate surface area is 86.4 Å². The molecule has 6 nitrogen and oxygen atoms in total. The summed E-state index contributed by atoms with van der Waals surface area (Å²) in [7, 11) is 0. The lowest BCUT2D eigenvalue weighted by molar-refractivity contribution is 0.378. The third kappa shape index (κ3) is 1.89. The molecule has 0 fully saturated rings. The SMILES string of the molecule is CCC(N)c1noc(-c2cc(C)no2)n1. The van der Waals surface area contributed by atoms with E-state index in [1.807, 2.05) is 13.8 Å². The summed E-state index contributed by atoms with van der Waals surface area (Å²) in [5.41, 5.74) is 6.53. The molecule has 1 atom stereocenters. The molecule has 1 unspecified atom stereocenters. The summed E-state index contributed by atoms with van der Waals surface area (Å²) in [6, 6.07) is 1.53. The molecule has 2 heterocycles. The third-order valence-electron chi connectivity index (χ3n) is 2.05. The highest BCUT2D eigenvalue weighted by Gasteiger charge is 2.16. The van der Waals surface area contributed by atoms with Crippen LogP contribution in [0.2, 0.25) is 0 Å². The van der Waals surface area contributed by atoms with Crippen LogP contribution in [0.4, 0.5) is 0 Å². The summed E-state index contributed by atoms with van der Waals surface area (Å²) >= 11 is 0. The Hall–Kier alpha value is -1.69. The number of nitrogens with two attached hydrogens (primary N) is 1. The van der Waals surface area contributed by atoms with Crippen molar-refractivity contribution in [1.82, 2.24) is 15.3 Å². The monoisotopic (exact) mass is 208 g/mol. The lowest BCUT2D eigenvalue weighted by Gasteiger charge is -1.98. The first-order valence-corrected chi connectivity index (χ1v) is 4.73. The Morgan fingerprint density at radius 1 is 1.40 bits per heavy atom. The summed E-state index contributed by atoms with van der Waals surface area (Å²) < 4.78 is 10.0. The third-order valence-corrected chi connectivity index (χ3v) is 2.05. The molecule has 15 heavy (non-hydrogen) atoms. The van der Waals surface area contributed by atoms with Crippen molar-refractivity contribution in [1.29, 1.82) is 0 Å². The molecule has 0 aromatic carbocycles. The van der Waals surface area contributed by atoms with E-state index in [4.69, 9.17) is 14.8 Å². The zero-order valence-electron chi connectivity index (χ0n) is 8.60. The van der Waals surface area contributed by atoms with E-state index >= 15 is 0 Å². The molecule has 80 valence electrons. The second kappa shape index (κ2) is 3.82. The van der Waals surface area contributed by atoms with Gasteiger partial charge in [0.1, 0.15) is 0 Å². The molecule has 0 aliphatic heterocycles. The van der Waals surface area contributed by atoms with Gasteiger partial charge >= 0.3 is 0 Å². The van der Waals surface area contributed by atoms with Gasteiger partial charge in [0.25, 0.3) is 5.89 Å². The van der Waals surface area contributed by atoms with Gasteiger partial charge < -0.3 is 14.8 Å². The van der Waals surface area contributed by atoms with Crippen molar-refractivity contribution in [3.63, 3.8) is 0 Å². The van der Waals surface area contributed by atoms with Gasteiger partial charge in [-0.15, -0.1) is 0 Å². The number of nitrogens with zero attached hydrogens (tertiary/aromatic N) is 3. The summed E-state index contributed by atoms with van der Waals surface area (Å²) in [5.74, 6) is 1.27. The van der Waals surface area contributed by atoms with Crippen molar-refractivity contribution in [3.05, 3.63) is 17.6 Å². The second-order valence-electron chi connectivity index (χ2n) is 3.31. The number of hydrogen-bond acceptors (Lipinski definition) is 6. The summed E-state index contributed by atoms with van der Waals surface area (Å²) in [5, 5.41) is 7.51. The Kier molecular flexibility index (Phi) is 2.51. The van der Waals surface area contributed by atoms with Crippen LogP contribution in [0.15, 0.2) is 15.1 Å². The Morgan fingerprint density at radius 2 is 2.20 bits per heavy atom. The van der Waals surface area contributed by atoms with Gasteiger partial charge in [0, 0.05) is 6.07 Å². The molecule has 0 aliphatic carbocycles. The quantitative estimate of drug-likeness (QED) is 0.820. The fraction of sp³-hybridized carbons (Fsp3) is 0.444. The first kappa shape index (κ1) is 9.85. The normalized spacial score (nSPS) is 13.0. The van der Waals surface area contributed by atoms with Gasteiger partial charge in [-0.3, -0.25) is 0 Å².